The first kappa shape index (κ1) is 29.9. The highest BCUT2D eigenvalue weighted by Crippen LogP contribution is 1.97. The summed E-state index contributed by atoms with van der Waals surface area (Å²) in [5.74, 6) is -5.93. The van der Waals surface area contributed by atoms with Gasteiger partial charge in [0.2, 0.25) is 0 Å². The van der Waals surface area contributed by atoms with Gasteiger partial charge in [0.1, 0.15) is 18.1 Å². The van der Waals surface area contributed by atoms with E-state index in [1.807, 2.05) is 0 Å². The van der Waals surface area contributed by atoms with Crippen molar-refractivity contribution in [1.82, 2.24) is 0 Å². The standard InChI is InChI=1S/C6H14N2O2.2C4H7NO4/c7-4-2-1-3-5(8)6(9)10;2*5-2(4(8)9)1-3(6)7/h5H,1-4,7-8H2,(H,9,10);2*2H,1,5H2,(H,6,7)(H,8,9)/t5-;2*2-/m000/s1. The maximum absolute atomic E-state index is 10.1. The van der Waals surface area contributed by atoms with E-state index in [1.54, 1.807) is 0 Å². The van der Waals surface area contributed by atoms with Gasteiger partial charge in [-0.3, -0.25) is 24.0 Å². The van der Waals surface area contributed by atoms with Crippen LogP contribution >= 0.6 is 0 Å². The Labute approximate surface area is 160 Å². The molecule has 0 saturated carbocycles. The van der Waals surface area contributed by atoms with Crippen LogP contribution in [0.1, 0.15) is 32.1 Å². The van der Waals surface area contributed by atoms with Crippen molar-refractivity contribution in [3.05, 3.63) is 0 Å². The van der Waals surface area contributed by atoms with Crippen LogP contribution in [-0.4, -0.2) is 80.0 Å². The van der Waals surface area contributed by atoms with E-state index >= 15 is 0 Å². The molecule has 0 spiro atoms. The Hall–Kier alpha value is -2.81. The van der Waals surface area contributed by atoms with Gasteiger partial charge in [-0.1, -0.05) is 6.42 Å². The van der Waals surface area contributed by atoms with Crippen LogP contribution in [0.15, 0.2) is 0 Å². The van der Waals surface area contributed by atoms with Crippen LogP contribution in [0.4, 0.5) is 0 Å². The minimum Gasteiger partial charge on any atom is -0.481 e. The maximum atomic E-state index is 10.1. The number of carboxylic acids is 5. The van der Waals surface area contributed by atoms with Crippen LogP contribution in [0.5, 0.6) is 0 Å². The summed E-state index contributed by atoms with van der Waals surface area (Å²) in [6, 6.07) is -3.29. The van der Waals surface area contributed by atoms with Gasteiger partial charge < -0.3 is 48.5 Å². The molecule has 0 aromatic rings. The molecule has 0 aliphatic rings. The van der Waals surface area contributed by atoms with Gasteiger partial charge in [-0.05, 0) is 19.4 Å². The largest absolute Gasteiger partial charge is 0.481 e. The van der Waals surface area contributed by atoms with Crippen molar-refractivity contribution in [1.29, 1.82) is 0 Å². The molecule has 0 aromatic carbocycles. The molecule has 0 aliphatic carbocycles. The SMILES string of the molecule is NCCCC[C@H](N)C(=O)O.N[C@@H](CC(=O)O)C(=O)O.N[C@@H](CC(=O)O)C(=O)O. The third kappa shape index (κ3) is 23.2. The molecular weight excluding hydrogens is 384 g/mol. The van der Waals surface area contributed by atoms with Crippen molar-refractivity contribution >= 4 is 29.8 Å². The third-order valence-electron chi connectivity index (χ3n) is 2.71. The number of carbonyl (C=O) groups is 5. The van der Waals surface area contributed by atoms with Gasteiger partial charge in [0.15, 0.2) is 0 Å². The van der Waals surface area contributed by atoms with Gasteiger partial charge in [-0.15, -0.1) is 0 Å². The topological polar surface area (TPSA) is 291 Å². The molecule has 14 heteroatoms. The molecule has 0 aliphatic heterocycles. The van der Waals surface area contributed by atoms with Crippen molar-refractivity contribution in [2.45, 2.75) is 50.2 Å². The lowest BCUT2D eigenvalue weighted by molar-refractivity contribution is -0.144. The summed E-state index contributed by atoms with van der Waals surface area (Å²) >= 11 is 0. The van der Waals surface area contributed by atoms with Gasteiger partial charge in [0, 0.05) is 0 Å². The normalized spacial score (nSPS) is 12.7. The Bertz CT molecular complexity index is 482. The van der Waals surface area contributed by atoms with E-state index in [0.717, 1.165) is 12.8 Å². The van der Waals surface area contributed by atoms with Crippen LogP contribution in [0, 0.1) is 0 Å². The number of nitrogens with two attached hydrogens (primary N) is 4. The number of carboxylic acid groups (broad SMARTS) is 5. The summed E-state index contributed by atoms with van der Waals surface area (Å²) in [7, 11) is 0. The van der Waals surface area contributed by atoms with Crippen LogP contribution in [0.25, 0.3) is 0 Å². The minimum atomic E-state index is -1.29. The van der Waals surface area contributed by atoms with Gasteiger partial charge in [0.25, 0.3) is 0 Å². The molecule has 0 fully saturated rings. The predicted molar refractivity (Wildman–Crippen MR) is 94.2 cm³/mol. The summed E-state index contributed by atoms with van der Waals surface area (Å²) in [6.45, 7) is 0.604. The third-order valence-corrected chi connectivity index (χ3v) is 2.71. The summed E-state index contributed by atoms with van der Waals surface area (Å²) in [4.78, 5) is 49.4. The van der Waals surface area contributed by atoms with Crippen LogP contribution in [0.2, 0.25) is 0 Å². The lowest BCUT2D eigenvalue weighted by atomic mass is 10.1. The summed E-state index contributed by atoms with van der Waals surface area (Å²) in [5.41, 5.74) is 20.1. The quantitative estimate of drug-likeness (QED) is 0.156. The summed E-state index contributed by atoms with van der Waals surface area (Å²) in [6.07, 6.45) is 1.10. The average Bonchev–Trinajstić information content (AvgIpc) is 2.54. The average molecular weight is 412 g/mol. The van der Waals surface area contributed by atoms with Crippen molar-refractivity contribution in [3.63, 3.8) is 0 Å². The Balaban J connectivity index is -0.000000336. The van der Waals surface area contributed by atoms with Gasteiger partial charge in [-0.25, -0.2) is 0 Å². The van der Waals surface area contributed by atoms with Crippen LogP contribution in [0.3, 0.4) is 0 Å². The Morgan fingerprint density at radius 3 is 1.11 bits per heavy atom. The van der Waals surface area contributed by atoms with Crippen molar-refractivity contribution in [3.8, 4) is 0 Å². The van der Waals surface area contributed by atoms with Crippen molar-refractivity contribution in [2.75, 3.05) is 6.54 Å². The van der Waals surface area contributed by atoms with E-state index in [9.17, 15) is 24.0 Å². The highest BCUT2D eigenvalue weighted by Gasteiger charge is 2.15. The van der Waals surface area contributed by atoms with Gasteiger partial charge >= 0.3 is 29.8 Å². The Kier molecular flexibility index (Phi) is 18.8. The molecule has 0 unspecified atom stereocenters. The molecule has 0 rings (SSSR count). The number of hydrogen-bond acceptors (Lipinski definition) is 9. The van der Waals surface area contributed by atoms with Crippen LogP contribution < -0.4 is 22.9 Å². The number of unbranched alkanes of at least 4 members (excludes halogenated alkanes) is 1. The predicted octanol–water partition coefficient (Wildman–Crippen LogP) is -2.73. The zero-order chi connectivity index (χ0) is 22.9. The molecule has 164 valence electrons. The van der Waals surface area contributed by atoms with Crippen molar-refractivity contribution < 1.29 is 49.5 Å². The smallest absolute Gasteiger partial charge is 0.321 e. The lowest BCUT2D eigenvalue weighted by Crippen LogP contribution is -2.32. The van der Waals surface area contributed by atoms with E-state index < -0.39 is 60.8 Å². The minimum absolute atomic E-state index is 0.520. The highest BCUT2D eigenvalue weighted by atomic mass is 16.4. The molecule has 0 heterocycles. The fourth-order valence-corrected chi connectivity index (χ4v) is 1.18. The second kappa shape index (κ2) is 17.6. The molecule has 0 aromatic heterocycles. The van der Waals surface area contributed by atoms with Gasteiger partial charge in [0.05, 0.1) is 12.8 Å². The van der Waals surface area contributed by atoms with E-state index in [4.69, 9.17) is 48.5 Å². The molecular formula is C14H28N4O10. The molecule has 13 N–H and O–H groups in total. The number of hydrogen-bond donors (Lipinski definition) is 9. The van der Waals surface area contributed by atoms with Crippen molar-refractivity contribution in [2.24, 2.45) is 22.9 Å². The lowest BCUT2D eigenvalue weighted by Gasteiger charge is -2.03. The molecule has 3 atom stereocenters. The first-order valence-corrected chi connectivity index (χ1v) is 7.84. The molecule has 0 saturated heterocycles. The second-order valence-electron chi connectivity index (χ2n) is 5.31. The number of aliphatic carboxylic acids is 5. The zero-order valence-corrected chi connectivity index (χ0v) is 15.1. The molecule has 0 radical (unpaired) electrons. The Morgan fingerprint density at radius 1 is 0.607 bits per heavy atom. The molecule has 0 bridgehead atoms. The van der Waals surface area contributed by atoms with E-state index in [2.05, 4.69) is 0 Å². The first-order valence-electron chi connectivity index (χ1n) is 7.84. The summed E-state index contributed by atoms with van der Waals surface area (Å²) < 4.78 is 0. The molecule has 14 nitrogen and oxygen atoms in total. The number of rotatable bonds is 11. The second-order valence-corrected chi connectivity index (χ2v) is 5.31. The van der Waals surface area contributed by atoms with E-state index in [-0.39, 0.29) is 0 Å². The zero-order valence-electron chi connectivity index (χ0n) is 15.1. The van der Waals surface area contributed by atoms with Gasteiger partial charge in [-0.2, -0.15) is 0 Å². The molecule has 0 amide bonds. The maximum Gasteiger partial charge on any atom is 0.321 e. The highest BCUT2D eigenvalue weighted by molar-refractivity contribution is 5.80. The summed E-state index contributed by atoms with van der Waals surface area (Å²) in [5, 5.41) is 40.4. The fraction of sp³-hybridized carbons (Fsp3) is 0.643. The van der Waals surface area contributed by atoms with Crippen LogP contribution in [-0.2, 0) is 24.0 Å². The Morgan fingerprint density at radius 2 is 0.929 bits per heavy atom. The molecule has 28 heavy (non-hydrogen) atoms. The first-order chi connectivity index (χ1) is 12.8. The van der Waals surface area contributed by atoms with E-state index in [1.165, 1.54) is 0 Å². The van der Waals surface area contributed by atoms with E-state index in [0.29, 0.717) is 13.0 Å². The monoisotopic (exact) mass is 412 g/mol. The fourth-order valence-electron chi connectivity index (χ4n) is 1.18.